The Morgan fingerprint density at radius 3 is 0.876 bits per heavy atom. The van der Waals surface area contributed by atoms with Crippen LogP contribution in [0.25, 0.3) is 231 Å². The van der Waals surface area contributed by atoms with E-state index >= 15 is 0 Å². The minimum absolute atomic E-state index is 0. The summed E-state index contributed by atoms with van der Waals surface area (Å²) in [7, 11) is 0. The van der Waals surface area contributed by atoms with Gasteiger partial charge in [0.1, 0.15) is 0 Å². The van der Waals surface area contributed by atoms with Crippen molar-refractivity contribution in [1.29, 1.82) is 0 Å². The van der Waals surface area contributed by atoms with Crippen LogP contribution in [-0.2, 0) is 43.8 Å². The van der Waals surface area contributed by atoms with Crippen molar-refractivity contribution in [2.45, 2.75) is 0 Å². The summed E-state index contributed by atoms with van der Waals surface area (Å²) in [5, 5.41) is 16.1. The van der Waals surface area contributed by atoms with Gasteiger partial charge < -0.3 is 69.8 Å². The number of carbonyl (C=O) groups is 1. The molecule has 21 nitrogen and oxygen atoms in total. The summed E-state index contributed by atoms with van der Waals surface area (Å²) in [6, 6.07) is 88.0. The number of aliphatic carboxylic acids is 1. The molecule has 121 heavy (non-hydrogen) atoms. The second-order valence-corrected chi connectivity index (χ2v) is 29.5. The Hall–Kier alpha value is -15.7. The Morgan fingerprint density at radius 2 is 0.579 bits per heavy atom. The summed E-state index contributed by atoms with van der Waals surface area (Å²) >= 11 is 1.24. The third-order valence-corrected chi connectivity index (χ3v) is 22.3. The maximum atomic E-state index is 11.7. The Kier molecular flexibility index (Phi) is 18.6. The SMILES string of the molecule is [C-]#[N+]/C(=C\c1ccc(/C(=C/c2ccc(N(c3ccc(/C=C/c4ccc5c(c4)-c4nc-5nc5[n-]c(nc6nc(nc7[n-]c(n4)c4ccccc74)-c4ccccc4-6)c4ccccc54)cc3)c3ccc(/C=C/c4ccc5c(c4)-c4nc-5nc5[n-]c(nc6nc(nc7[n-]c(n4)c4ccccc74)-c4ccccc4-6)c4ccccc54)cc3)cc2)[N+]#[C-])s1)C(=O)O.[Zn+2].[Zn+2]. The van der Waals surface area contributed by atoms with Crippen LogP contribution in [-0.4, -0.2) is 70.9 Å². The van der Waals surface area contributed by atoms with E-state index in [1.807, 2.05) is 194 Å². The minimum atomic E-state index is -1.31. The number of thiophene rings is 1. The zero-order valence-corrected chi connectivity index (χ0v) is 70.3. The molecule has 0 amide bonds. The van der Waals surface area contributed by atoms with E-state index < -0.39 is 11.7 Å². The second kappa shape index (κ2) is 30.4. The van der Waals surface area contributed by atoms with E-state index in [1.54, 1.807) is 18.2 Å². The summed E-state index contributed by atoms with van der Waals surface area (Å²) < 4.78 is 0. The van der Waals surface area contributed by atoms with E-state index in [0.29, 0.717) is 107 Å². The fourth-order valence-electron chi connectivity index (χ4n) is 15.4. The molecule has 22 rings (SSSR count). The number of fused-ring (bicyclic) bond motifs is 40. The van der Waals surface area contributed by atoms with E-state index in [1.165, 1.54) is 17.4 Å². The number of anilines is 3. The molecule has 0 radical (unpaired) electrons. The third-order valence-electron chi connectivity index (χ3n) is 21.2. The number of aromatic nitrogens is 16. The van der Waals surface area contributed by atoms with Crippen molar-refractivity contribution in [3.8, 4) is 91.1 Å². The van der Waals surface area contributed by atoms with Crippen LogP contribution < -0.4 is 24.8 Å². The normalized spacial score (nSPS) is 12.1. The van der Waals surface area contributed by atoms with Gasteiger partial charge in [0, 0.05) is 117 Å². The van der Waals surface area contributed by atoms with Crippen LogP contribution in [0.3, 0.4) is 0 Å². The van der Waals surface area contributed by atoms with Crippen molar-refractivity contribution in [2.24, 2.45) is 0 Å². The predicted molar refractivity (Wildman–Crippen MR) is 468 cm³/mol. The van der Waals surface area contributed by atoms with Gasteiger partial charge in [0.25, 0.3) is 5.70 Å². The van der Waals surface area contributed by atoms with E-state index in [-0.39, 0.29) is 39.0 Å². The monoisotopic (exact) mass is 1670 g/mol. The van der Waals surface area contributed by atoms with E-state index in [9.17, 15) is 9.90 Å². The first kappa shape index (κ1) is 74.1. The van der Waals surface area contributed by atoms with Gasteiger partial charge in [-0.25, -0.2) is 29.6 Å². The zero-order valence-electron chi connectivity index (χ0n) is 63.5. The van der Waals surface area contributed by atoms with Gasteiger partial charge in [-0.05, 0) is 138 Å². The Balaban J connectivity index is 0.00000467. The molecule has 0 atom stereocenters. The average molecular weight is 1680 g/mol. The largest absolute Gasteiger partial charge is 2.00 e. The Morgan fingerprint density at radius 1 is 0.306 bits per heavy atom. The molecule has 11 aromatic carbocycles. The van der Waals surface area contributed by atoms with Gasteiger partial charge in [-0.1, -0.05) is 237 Å². The van der Waals surface area contributed by atoms with Crippen LogP contribution in [0.15, 0.2) is 273 Å². The zero-order chi connectivity index (χ0) is 79.3. The second-order valence-electron chi connectivity index (χ2n) is 28.4. The van der Waals surface area contributed by atoms with Gasteiger partial charge in [-0.2, -0.15) is 0 Å². The molecule has 4 aliphatic rings. The first-order chi connectivity index (χ1) is 58.6. The van der Waals surface area contributed by atoms with Gasteiger partial charge >= 0.3 is 44.9 Å². The Labute approximate surface area is 717 Å². The molecule has 24 heteroatoms. The molecule has 1 N–H and O–H groups in total. The van der Waals surface area contributed by atoms with Gasteiger partial charge in [0.05, 0.1) is 59.7 Å². The topological polar surface area (TPSA) is 260 Å². The molecule has 0 aliphatic carbocycles. The van der Waals surface area contributed by atoms with E-state index in [4.69, 9.17) is 92.9 Å². The van der Waals surface area contributed by atoms with Crippen molar-refractivity contribution in [3.63, 3.8) is 0 Å². The van der Waals surface area contributed by atoms with Crippen molar-refractivity contribution in [3.05, 3.63) is 333 Å². The minimum Gasteiger partial charge on any atom is -0.486 e. The summed E-state index contributed by atoms with van der Waals surface area (Å²) in [6.45, 7) is 15.5. The molecule has 7 aromatic heterocycles. The maximum absolute atomic E-state index is 11.7. The molecular weight excluding hydrogens is 1630 g/mol. The molecule has 4 aliphatic heterocycles. The standard InChI is InChI=1S/C97H52N19O2S.2Zn/c1-98-78(80-48-45-61(119-80)52-79(99-2)97(117)118)51-57-35-43-60(44-36-57)116(58-39-31-53(32-40-58)27-29-55-37-46-74-76(49-55)95-112-91-72-25-13-11-23-70(72)87(108-91)104-83-64-17-5-3-15-62(64)81(100-83)102-85-66-19-7-9-21-68(66)89(106-85)110-93(74)114-95)59-41-33-54(34-42-59)28-30-56-38-47-75-77(50-56)96-113-92-73-26-14-12-24-71(73)88(109-92)105-84-65-18-6-4-16-63(65)82(101-84)103-86-67-20-8-10-22-69(67)90(107-86)111-94(75)115-96;;/h3-52H,(H2-3,100,101,102,103,104,105,106,107,108,109,110,111,112,113,114,115,117,118);;/q-3;2*+2/p-1/b29-27+,30-28+,78-51-,79-52-;;. The number of carboxylic acid groups (broad SMARTS) is 1. The predicted octanol–water partition coefficient (Wildman–Crippen LogP) is 21.2. The average Bonchev–Trinajstić information content (AvgIpc) is 1.61. The molecule has 11 heterocycles. The van der Waals surface area contributed by atoms with Crippen LogP contribution in [0.2, 0.25) is 0 Å². The number of benzene rings is 11. The molecular formula is C97H51N19O2SZn2. The number of carboxylic acids is 1. The van der Waals surface area contributed by atoms with Crippen LogP contribution in [0, 0.1) is 13.1 Å². The number of nitrogens with zero attached hydrogens (tertiary/aromatic N) is 19. The molecule has 0 fully saturated rings. The van der Waals surface area contributed by atoms with Crippen molar-refractivity contribution in [2.75, 3.05) is 4.90 Å². The number of rotatable bonds is 11. The molecule has 0 saturated carbocycles. The van der Waals surface area contributed by atoms with Gasteiger partial charge in [0.2, 0.25) is 5.70 Å². The summed E-state index contributed by atoms with van der Waals surface area (Å²) in [6.07, 6.45) is 11.4. The van der Waals surface area contributed by atoms with E-state index in [2.05, 4.69) is 99.6 Å². The third kappa shape index (κ3) is 13.4. The van der Waals surface area contributed by atoms with Crippen molar-refractivity contribution in [1.82, 2.24) is 79.7 Å². The summed E-state index contributed by atoms with van der Waals surface area (Å²) in [5.74, 6) is 2.46. The number of hydrogen-bond donors (Lipinski definition) is 1. The quantitative estimate of drug-likeness (QED) is 0.0546. The van der Waals surface area contributed by atoms with Crippen LogP contribution >= 0.6 is 11.3 Å². The first-order valence-corrected chi connectivity index (χ1v) is 38.7. The maximum Gasteiger partial charge on any atom is 2.00 e. The Bertz CT molecular complexity index is 7620. The molecule has 0 spiro atoms. The van der Waals surface area contributed by atoms with Crippen molar-refractivity contribution < 1.29 is 48.9 Å². The molecule has 16 bridgehead atoms. The van der Waals surface area contributed by atoms with Crippen molar-refractivity contribution >= 4 is 165 Å². The van der Waals surface area contributed by atoms with Gasteiger partial charge in [-0.3, -0.25) is 4.79 Å². The molecule has 0 unspecified atom stereocenters. The van der Waals surface area contributed by atoms with E-state index in [0.717, 1.165) is 132 Å². The van der Waals surface area contributed by atoms with Gasteiger partial charge in [-0.15, -0.1) is 11.3 Å². The smallest absolute Gasteiger partial charge is 0.486 e. The first-order valence-electron chi connectivity index (χ1n) is 37.8. The van der Waals surface area contributed by atoms with Crippen LogP contribution in [0.4, 0.5) is 17.1 Å². The van der Waals surface area contributed by atoms with Gasteiger partial charge in [0.15, 0.2) is 0 Å². The molecule has 0 saturated heterocycles. The fraction of sp³-hybridized carbons (Fsp3) is 0. The fourth-order valence-corrected chi connectivity index (χ4v) is 16.3. The summed E-state index contributed by atoms with van der Waals surface area (Å²) in [5.41, 5.74) is 17.3. The van der Waals surface area contributed by atoms with Crippen LogP contribution in [0.1, 0.15) is 37.6 Å². The van der Waals surface area contributed by atoms with Crippen LogP contribution in [0.5, 0.6) is 0 Å². The number of hydrogen-bond acceptors (Lipinski definition) is 15. The molecule has 556 valence electrons. The molecule has 18 aromatic rings. The summed E-state index contributed by atoms with van der Waals surface area (Å²) in [4.78, 5) is 104.